The van der Waals surface area contributed by atoms with E-state index in [0.29, 0.717) is 11.1 Å². The van der Waals surface area contributed by atoms with Gasteiger partial charge in [-0.2, -0.15) is 0 Å². The van der Waals surface area contributed by atoms with Crippen molar-refractivity contribution in [1.29, 1.82) is 0 Å². The fraction of sp³-hybridized carbons (Fsp3) is 0.200. The van der Waals surface area contributed by atoms with Gasteiger partial charge >= 0.3 is 0 Å². The van der Waals surface area contributed by atoms with Gasteiger partial charge in [-0.05, 0) is 35.4 Å². The summed E-state index contributed by atoms with van der Waals surface area (Å²) >= 11 is 0. The smallest absolute Gasteiger partial charge is 0.234 e. The first-order valence-corrected chi connectivity index (χ1v) is 7.79. The predicted molar refractivity (Wildman–Crippen MR) is 101 cm³/mol. The normalized spacial score (nSPS) is 10.8. The summed E-state index contributed by atoms with van der Waals surface area (Å²) in [7, 11) is 7.85. The van der Waals surface area contributed by atoms with E-state index in [0.717, 1.165) is 22.5 Å². The molecule has 3 rings (SSSR count). The second-order valence-electron chi connectivity index (χ2n) is 6.29. The number of nitrogens with zero attached hydrogens (tertiary/aromatic N) is 2. The molecule has 24 heavy (non-hydrogen) atoms. The minimum atomic E-state index is -0.403. The average Bonchev–Trinajstić information content (AvgIpc) is 2.59. The van der Waals surface area contributed by atoms with Gasteiger partial charge in [-0.3, -0.25) is 9.59 Å². The van der Waals surface area contributed by atoms with Gasteiger partial charge in [-0.15, -0.1) is 0 Å². The molecule has 122 valence electrons. The number of hydrogen-bond donors (Lipinski definition) is 0. The number of anilines is 2. The average molecular weight is 320 g/mol. The van der Waals surface area contributed by atoms with Crippen molar-refractivity contribution in [3.8, 4) is 22.3 Å². The van der Waals surface area contributed by atoms with Gasteiger partial charge in [0.1, 0.15) is 0 Å². The molecule has 0 fully saturated rings. The first-order valence-electron chi connectivity index (χ1n) is 7.79. The summed E-state index contributed by atoms with van der Waals surface area (Å²) in [5.74, 6) is 0. The minimum Gasteiger partial charge on any atom is -0.378 e. The van der Waals surface area contributed by atoms with Crippen molar-refractivity contribution in [3.05, 3.63) is 69.0 Å². The van der Waals surface area contributed by atoms with Gasteiger partial charge < -0.3 is 9.80 Å². The van der Waals surface area contributed by atoms with Crippen molar-refractivity contribution < 1.29 is 0 Å². The van der Waals surface area contributed by atoms with Crippen molar-refractivity contribution in [2.45, 2.75) is 0 Å². The monoisotopic (exact) mass is 320 g/mol. The van der Waals surface area contributed by atoms with Crippen LogP contribution in [0.5, 0.6) is 0 Å². The molecule has 0 atom stereocenters. The highest BCUT2D eigenvalue weighted by Gasteiger charge is 2.23. The lowest BCUT2D eigenvalue weighted by atomic mass is 9.89. The summed E-state index contributed by atoms with van der Waals surface area (Å²) in [5, 5.41) is 0. The molecule has 0 N–H and O–H groups in total. The van der Waals surface area contributed by atoms with E-state index in [1.165, 1.54) is 0 Å². The molecule has 0 radical (unpaired) electrons. The van der Waals surface area contributed by atoms with Crippen LogP contribution in [-0.2, 0) is 0 Å². The highest BCUT2D eigenvalue weighted by molar-refractivity contribution is 5.87. The summed E-state index contributed by atoms with van der Waals surface area (Å²) < 4.78 is 0. The Morgan fingerprint density at radius 1 is 0.542 bits per heavy atom. The van der Waals surface area contributed by atoms with E-state index in [4.69, 9.17) is 0 Å². The van der Waals surface area contributed by atoms with E-state index in [1.54, 1.807) is 0 Å². The molecule has 0 saturated carbocycles. The molecule has 0 aliphatic carbocycles. The third kappa shape index (κ3) is 2.60. The van der Waals surface area contributed by atoms with E-state index < -0.39 is 10.9 Å². The summed E-state index contributed by atoms with van der Waals surface area (Å²) in [6.07, 6.45) is 0. The van der Waals surface area contributed by atoms with Crippen LogP contribution in [0.3, 0.4) is 0 Å². The Hall–Kier alpha value is -2.88. The standard InChI is InChI=1S/C20H20N2O2/c1-21(2)15-9-5-13(6-10-15)17-18(20(24)19(17)23)14-7-11-16(12-8-14)22(3)4/h5-12H,1-4H3. The Balaban J connectivity index is 2.04. The summed E-state index contributed by atoms with van der Waals surface area (Å²) in [6.45, 7) is 0. The lowest BCUT2D eigenvalue weighted by Crippen LogP contribution is -2.35. The first kappa shape index (κ1) is 16.0. The van der Waals surface area contributed by atoms with Crippen LogP contribution in [0.4, 0.5) is 11.4 Å². The van der Waals surface area contributed by atoms with Gasteiger partial charge in [0.15, 0.2) is 0 Å². The zero-order valence-corrected chi connectivity index (χ0v) is 14.3. The molecular weight excluding hydrogens is 300 g/mol. The molecule has 4 nitrogen and oxygen atoms in total. The van der Waals surface area contributed by atoms with Crippen LogP contribution in [0.1, 0.15) is 0 Å². The van der Waals surface area contributed by atoms with Crippen LogP contribution in [0.15, 0.2) is 58.1 Å². The fourth-order valence-electron chi connectivity index (χ4n) is 2.79. The Morgan fingerprint density at radius 2 is 0.833 bits per heavy atom. The molecule has 0 aromatic heterocycles. The van der Waals surface area contributed by atoms with Crippen molar-refractivity contribution in [3.63, 3.8) is 0 Å². The Morgan fingerprint density at radius 3 is 1.08 bits per heavy atom. The fourth-order valence-corrected chi connectivity index (χ4v) is 2.79. The molecule has 0 unspecified atom stereocenters. The third-order valence-electron chi connectivity index (χ3n) is 4.26. The molecule has 0 spiro atoms. The van der Waals surface area contributed by atoms with Gasteiger partial charge in [-0.1, -0.05) is 24.3 Å². The Bertz CT molecular complexity index is 850. The molecule has 0 bridgehead atoms. The van der Waals surface area contributed by atoms with E-state index >= 15 is 0 Å². The zero-order valence-electron chi connectivity index (χ0n) is 14.3. The van der Waals surface area contributed by atoms with Crippen molar-refractivity contribution in [2.75, 3.05) is 38.0 Å². The second-order valence-corrected chi connectivity index (χ2v) is 6.29. The third-order valence-corrected chi connectivity index (χ3v) is 4.26. The quantitative estimate of drug-likeness (QED) is 0.693. The molecule has 0 saturated heterocycles. The highest BCUT2D eigenvalue weighted by atomic mass is 16.2. The molecule has 0 heterocycles. The molecule has 3 aromatic carbocycles. The van der Waals surface area contributed by atoms with Crippen LogP contribution in [0.2, 0.25) is 0 Å². The topological polar surface area (TPSA) is 40.6 Å². The van der Waals surface area contributed by atoms with E-state index in [2.05, 4.69) is 0 Å². The lowest BCUT2D eigenvalue weighted by molar-refractivity contribution is 1.13. The predicted octanol–water partition coefficient (Wildman–Crippen LogP) is 2.75. The number of hydrogen-bond acceptors (Lipinski definition) is 4. The number of benzene rings is 2. The maximum Gasteiger partial charge on any atom is 0.234 e. The van der Waals surface area contributed by atoms with Crippen LogP contribution in [-0.4, -0.2) is 28.2 Å². The maximum absolute atomic E-state index is 12.1. The summed E-state index contributed by atoms with van der Waals surface area (Å²) in [6, 6.07) is 15.4. The number of rotatable bonds is 4. The van der Waals surface area contributed by atoms with Crippen LogP contribution >= 0.6 is 0 Å². The maximum atomic E-state index is 12.1. The Kier molecular flexibility index (Phi) is 3.97. The van der Waals surface area contributed by atoms with Crippen LogP contribution in [0, 0.1) is 0 Å². The minimum absolute atomic E-state index is 0.403. The molecule has 4 heteroatoms. The van der Waals surface area contributed by atoms with E-state index in [-0.39, 0.29) is 0 Å². The van der Waals surface area contributed by atoms with E-state index in [1.807, 2.05) is 86.5 Å². The molecule has 3 aromatic rings. The van der Waals surface area contributed by atoms with Gasteiger partial charge in [0.2, 0.25) is 10.9 Å². The summed E-state index contributed by atoms with van der Waals surface area (Å²) in [4.78, 5) is 28.2. The van der Waals surface area contributed by atoms with Crippen molar-refractivity contribution in [1.82, 2.24) is 0 Å². The molecule has 0 aliphatic heterocycles. The molecule has 0 amide bonds. The van der Waals surface area contributed by atoms with E-state index in [9.17, 15) is 9.59 Å². The molecular formula is C20H20N2O2. The van der Waals surface area contributed by atoms with Crippen LogP contribution in [0.25, 0.3) is 22.3 Å². The van der Waals surface area contributed by atoms with Crippen molar-refractivity contribution >= 4 is 11.4 Å². The Labute approximate surface area is 141 Å². The van der Waals surface area contributed by atoms with Gasteiger partial charge in [0.25, 0.3) is 0 Å². The van der Waals surface area contributed by atoms with Crippen molar-refractivity contribution in [2.24, 2.45) is 0 Å². The van der Waals surface area contributed by atoms with Gasteiger partial charge in [0.05, 0.1) is 0 Å². The summed E-state index contributed by atoms with van der Waals surface area (Å²) in [5.41, 5.74) is 3.90. The highest BCUT2D eigenvalue weighted by Crippen LogP contribution is 2.30. The molecule has 0 aliphatic rings. The van der Waals surface area contributed by atoms with Crippen LogP contribution < -0.4 is 20.7 Å². The lowest BCUT2D eigenvalue weighted by Gasteiger charge is -2.16. The largest absolute Gasteiger partial charge is 0.378 e. The zero-order chi connectivity index (χ0) is 17.4. The first-order chi connectivity index (χ1) is 11.4. The SMILES string of the molecule is CN(C)c1ccc(-c2c(-c3ccc(N(C)C)cc3)c(=O)c2=O)cc1. The van der Waals surface area contributed by atoms with Gasteiger partial charge in [-0.25, -0.2) is 0 Å². The second kappa shape index (κ2) is 5.96. The van der Waals surface area contributed by atoms with Gasteiger partial charge in [0, 0.05) is 50.7 Å².